The molecule has 130 valence electrons. The molecule has 24 heavy (non-hydrogen) atoms. The van der Waals surface area contributed by atoms with Crippen LogP contribution < -0.4 is 11.0 Å². The molecule has 3 N–H and O–H groups in total. The van der Waals surface area contributed by atoms with Crippen molar-refractivity contribution < 1.29 is 5.11 Å². The Kier molecular flexibility index (Phi) is 4.20. The Morgan fingerprint density at radius 2 is 2.04 bits per heavy atom. The van der Waals surface area contributed by atoms with Gasteiger partial charge >= 0.3 is 5.69 Å². The summed E-state index contributed by atoms with van der Waals surface area (Å²) in [4.78, 5) is 17.6. The molecule has 2 saturated heterocycles. The van der Waals surface area contributed by atoms with Crippen LogP contribution in [0.3, 0.4) is 0 Å². The SMILES string of the molecule is O=c1[nH]c2ccccc2n1C1CCN(CC2(O)CCCNC2)CC1. The lowest BCUT2D eigenvalue weighted by atomic mass is 9.92. The van der Waals surface area contributed by atoms with Crippen molar-refractivity contribution in [2.24, 2.45) is 0 Å². The van der Waals surface area contributed by atoms with E-state index in [-0.39, 0.29) is 11.7 Å². The number of piperidine rings is 2. The van der Waals surface area contributed by atoms with Gasteiger partial charge in [-0.05, 0) is 44.4 Å². The van der Waals surface area contributed by atoms with Crippen LogP contribution in [0.5, 0.6) is 0 Å². The van der Waals surface area contributed by atoms with Crippen LogP contribution in [-0.2, 0) is 0 Å². The first-order valence-corrected chi connectivity index (χ1v) is 8.99. The molecule has 0 amide bonds. The molecule has 0 aliphatic carbocycles. The fourth-order valence-corrected chi connectivity index (χ4v) is 4.28. The maximum atomic E-state index is 12.3. The summed E-state index contributed by atoms with van der Waals surface area (Å²) in [5.41, 5.74) is 1.30. The highest BCUT2D eigenvalue weighted by Gasteiger charge is 2.33. The van der Waals surface area contributed by atoms with Crippen LogP contribution in [0.4, 0.5) is 0 Å². The quantitative estimate of drug-likeness (QED) is 0.787. The molecular weight excluding hydrogens is 304 g/mol. The third kappa shape index (κ3) is 3.01. The van der Waals surface area contributed by atoms with Gasteiger partial charge in [0.05, 0.1) is 16.6 Å². The fourth-order valence-electron chi connectivity index (χ4n) is 4.28. The number of likely N-dealkylation sites (tertiary alicyclic amines) is 1. The van der Waals surface area contributed by atoms with E-state index in [0.29, 0.717) is 6.54 Å². The minimum absolute atomic E-state index is 0.00948. The highest BCUT2D eigenvalue weighted by atomic mass is 16.3. The maximum Gasteiger partial charge on any atom is 0.326 e. The van der Waals surface area contributed by atoms with Crippen molar-refractivity contribution in [1.29, 1.82) is 0 Å². The van der Waals surface area contributed by atoms with E-state index in [4.69, 9.17) is 0 Å². The number of para-hydroxylation sites is 2. The van der Waals surface area contributed by atoms with Crippen LogP contribution in [0, 0.1) is 0 Å². The number of benzene rings is 1. The molecule has 4 rings (SSSR count). The van der Waals surface area contributed by atoms with Crippen molar-refractivity contribution in [2.75, 3.05) is 32.7 Å². The van der Waals surface area contributed by atoms with Crippen molar-refractivity contribution in [1.82, 2.24) is 19.8 Å². The molecule has 2 fully saturated rings. The zero-order valence-corrected chi connectivity index (χ0v) is 14.0. The molecule has 2 aliphatic rings. The summed E-state index contributed by atoms with van der Waals surface area (Å²) in [5, 5.41) is 14.0. The number of rotatable bonds is 3. The topological polar surface area (TPSA) is 73.3 Å². The number of imidazole rings is 1. The lowest BCUT2D eigenvalue weighted by Gasteiger charge is -2.40. The average Bonchev–Trinajstić information content (AvgIpc) is 2.92. The number of aromatic nitrogens is 2. The summed E-state index contributed by atoms with van der Waals surface area (Å²) >= 11 is 0. The number of fused-ring (bicyclic) bond motifs is 1. The number of hydrogen-bond donors (Lipinski definition) is 3. The summed E-state index contributed by atoms with van der Waals surface area (Å²) in [6, 6.07) is 8.13. The van der Waals surface area contributed by atoms with Gasteiger partial charge in [0.15, 0.2) is 0 Å². The highest BCUT2D eigenvalue weighted by Crippen LogP contribution is 2.26. The molecule has 3 heterocycles. The van der Waals surface area contributed by atoms with Gasteiger partial charge in [0.1, 0.15) is 0 Å². The van der Waals surface area contributed by atoms with Gasteiger partial charge in [-0.1, -0.05) is 12.1 Å². The minimum Gasteiger partial charge on any atom is -0.387 e. The number of hydrogen-bond acceptors (Lipinski definition) is 4. The van der Waals surface area contributed by atoms with Gasteiger partial charge in [-0.15, -0.1) is 0 Å². The third-order valence-electron chi connectivity index (χ3n) is 5.51. The summed E-state index contributed by atoms with van der Waals surface area (Å²) < 4.78 is 1.92. The summed E-state index contributed by atoms with van der Waals surface area (Å²) in [7, 11) is 0. The Morgan fingerprint density at radius 1 is 1.25 bits per heavy atom. The predicted molar refractivity (Wildman–Crippen MR) is 94.3 cm³/mol. The molecule has 2 aliphatic heterocycles. The second-order valence-corrected chi connectivity index (χ2v) is 7.33. The maximum absolute atomic E-state index is 12.3. The monoisotopic (exact) mass is 330 g/mol. The lowest BCUT2D eigenvalue weighted by Crippen LogP contribution is -2.54. The molecule has 6 nitrogen and oxygen atoms in total. The van der Waals surface area contributed by atoms with Crippen LogP contribution in [-0.4, -0.2) is 57.9 Å². The van der Waals surface area contributed by atoms with Gasteiger partial charge in [-0.2, -0.15) is 0 Å². The van der Waals surface area contributed by atoms with E-state index in [1.807, 2.05) is 28.8 Å². The number of aliphatic hydroxyl groups is 1. The number of nitrogens with one attached hydrogen (secondary N) is 2. The molecule has 1 aromatic carbocycles. The normalized spacial score (nSPS) is 26.9. The molecule has 0 spiro atoms. The lowest BCUT2D eigenvalue weighted by molar-refractivity contribution is -0.0219. The van der Waals surface area contributed by atoms with Gasteiger partial charge in [0, 0.05) is 32.2 Å². The van der Waals surface area contributed by atoms with Crippen LogP contribution in [0.1, 0.15) is 31.7 Å². The predicted octanol–water partition coefficient (Wildman–Crippen LogP) is 1.08. The van der Waals surface area contributed by atoms with E-state index < -0.39 is 5.60 Å². The number of H-pyrrole nitrogens is 1. The zero-order chi connectivity index (χ0) is 16.6. The summed E-state index contributed by atoms with van der Waals surface area (Å²) in [6.07, 6.45) is 3.82. The Hall–Kier alpha value is -1.63. The molecule has 1 atom stereocenters. The standard InChI is InChI=1S/C18H26N4O2/c23-17-20-15-4-1-2-5-16(15)22(17)14-6-10-21(11-7-14)13-18(24)8-3-9-19-12-18/h1-2,4-5,14,19,24H,3,6-13H2,(H,20,23). The molecular formula is C18H26N4O2. The Balaban J connectivity index is 1.44. The van der Waals surface area contributed by atoms with Gasteiger partial charge in [0.25, 0.3) is 0 Å². The molecule has 2 aromatic rings. The molecule has 1 aromatic heterocycles. The summed E-state index contributed by atoms with van der Waals surface area (Å²) in [6.45, 7) is 4.29. The van der Waals surface area contributed by atoms with Crippen molar-refractivity contribution >= 4 is 11.0 Å². The van der Waals surface area contributed by atoms with Crippen LogP contribution in [0.25, 0.3) is 11.0 Å². The van der Waals surface area contributed by atoms with Crippen LogP contribution in [0.15, 0.2) is 29.1 Å². The van der Waals surface area contributed by atoms with Crippen LogP contribution >= 0.6 is 0 Å². The number of β-amino-alcohol motifs (C(OH)–C–C–N with tert-alkyl or cyclic N) is 1. The van der Waals surface area contributed by atoms with Gasteiger partial charge < -0.3 is 20.3 Å². The molecule has 0 radical (unpaired) electrons. The first-order valence-electron chi connectivity index (χ1n) is 8.99. The minimum atomic E-state index is -0.595. The number of nitrogens with zero attached hydrogens (tertiary/aromatic N) is 2. The smallest absolute Gasteiger partial charge is 0.326 e. The first kappa shape index (κ1) is 15.9. The average molecular weight is 330 g/mol. The largest absolute Gasteiger partial charge is 0.387 e. The molecule has 0 saturated carbocycles. The molecule has 1 unspecified atom stereocenters. The van der Waals surface area contributed by atoms with Crippen molar-refractivity contribution in [2.45, 2.75) is 37.3 Å². The van der Waals surface area contributed by atoms with E-state index in [0.717, 1.165) is 62.9 Å². The van der Waals surface area contributed by atoms with E-state index in [9.17, 15) is 9.90 Å². The summed E-state index contributed by atoms with van der Waals surface area (Å²) in [5.74, 6) is 0. The van der Waals surface area contributed by atoms with Gasteiger partial charge in [-0.25, -0.2) is 4.79 Å². The van der Waals surface area contributed by atoms with Crippen molar-refractivity contribution in [3.8, 4) is 0 Å². The van der Waals surface area contributed by atoms with Crippen molar-refractivity contribution in [3.05, 3.63) is 34.7 Å². The van der Waals surface area contributed by atoms with E-state index in [1.165, 1.54) is 0 Å². The Bertz CT molecular complexity index is 752. The Labute approximate surface area is 141 Å². The molecule has 6 heteroatoms. The molecule has 0 bridgehead atoms. The third-order valence-corrected chi connectivity index (χ3v) is 5.51. The van der Waals surface area contributed by atoms with Crippen molar-refractivity contribution in [3.63, 3.8) is 0 Å². The van der Waals surface area contributed by atoms with Gasteiger partial charge in [0.2, 0.25) is 0 Å². The van der Waals surface area contributed by atoms with E-state index in [1.54, 1.807) is 0 Å². The van der Waals surface area contributed by atoms with E-state index >= 15 is 0 Å². The fraction of sp³-hybridized carbons (Fsp3) is 0.611. The second kappa shape index (κ2) is 6.35. The highest BCUT2D eigenvalue weighted by molar-refractivity contribution is 5.75. The van der Waals surface area contributed by atoms with Crippen LogP contribution in [0.2, 0.25) is 0 Å². The second-order valence-electron chi connectivity index (χ2n) is 7.33. The van der Waals surface area contributed by atoms with E-state index in [2.05, 4.69) is 15.2 Å². The first-order chi connectivity index (χ1) is 11.6. The number of aromatic amines is 1. The zero-order valence-electron chi connectivity index (χ0n) is 14.0. The Morgan fingerprint density at radius 3 is 2.79 bits per heavy atom. The van der Waals surface area contributed by atoms with Gasteiger partial charge in [-0.3, -0.25) is 4.57 Å².